The van der Waals surface area contributed by atoms with E-state index in [0.29, 0.717) is 25.9 Å². The van der Waals surface area contributed by atoms with Crippen molar-refractivity contribution in [1.29, 1.82) is 0 Å². The van der Waals surface area contributed by atoms with Crippen molar-refractivity contribution < 1.29 is 13.5 Å². The molecule has 1 aromatic rings. The van der Waals surface area contributed by atoms with Crippen molar-refractivity contribution in [1.82, 2.24) is 9.29 Å². The Balaban J connectivity index is 2.14. The molecule has 1 saturated heterocycles. The number of nitrogens with two attached hydrogens (primary N) is 1. The molecule has 0 radical (unpaired) electrons. The highest BCUT2D eigenvalue weighted by molar-refractivity contribution is 7.89. The van der Waals surface area contributed by atoms with Crippen LogP contribution in [0.1, 0.15) is 19.8 Å². The molecule has 0 spiro atoms. The zero-order valence-electron chi connectivity index (χ0n) is 10.9. The fourth-order valence-corrected chi connectivity index (χ4v) is 3.83. The zero-order chi connectivity index (χ0) is 14.0. The predicted octanol–water partition coefficient (Wildman–Crippen LogP) is 0.445. The van der Waals surface area contributed by atoms with E-state index in [1.165, 1.54) is 22.6 Å². The van der Waals surface area contributed by atoms with Gasteiger partial charge in [-0.05, 0) is 31.7 Å². The highest BCUT2D eigenvalue weighted by Gasteiger charge is 2.30. The van der Waals surface area contributed by atoms with Crippen molar-refractivity contribution in [3.63, 3.8) is 0 Å². The van der Waals surface area contributed by atoms with Gasteiger partial charge < -0.3 is 10.8 Å². The molecule has 0 amide bonds. The van der Waals surface area contributed by atoms with Crippen LogP contribution >= 0.6 is 0 Å². The Kier molecular flexibility index (Phi) is 4.07. The molecule has 2 heterocycles. The van der Waals surface area contributed by atoms with E-state index in [4.69, 9.17) is 5.73 Å². The lowest BCUT2D eigenvalue weighted by Gasteiger charge is -2.32. The maximum atomic E-state index is 12.4. The summed E-state index contributed by atoms with van der Waals surface area (Å²) in [6.45, 7) is 2.61. The number of nitrogens with zero attached hydrogens (tertiary/aromatic N) is 2. The molecule has 1 aliphatic rings. The lowest BCUT2D eigenvalue weighted by molar-refractivity contribution is 0.0912. The smallest absolute Gasteiger partial charge is 0.243 e. The predicted molar refractivity (Wildman–Crippen MR) is 71.8 cm³/mol. The number of pyridine rings is 1. The molecule has 0 saturated carbocycles. The Morgan fingerprint density at radius 1 is 1.47 bits per heavy atom. The molecule has 3 N–H and O–H groups in total. The van der Waals surface area contributed by atoms with Crippen molar-refractivity contribution in [2.75, 3.05) is 18.8 Å². The first-order valence-corrected chi connectivity index (χ1v) is 7.75. The molecule has 1 unspecified atom stereocenters. The quantitative estimate of drug-likeness (QED) is 0.840. The number of rotatable bonds is 3. The van der Waals surface area contributed by atoms with Crippen LogP contribution in [-0.2, 0) is 10.0 Å². The Hall–Kier alpha value is -1.18. The van der Waals surface area contributed by atoms with E-state index < -0.39 is 10.0 Å². The van der Waals surface area contributed by atoms with Gasteiger partial charge in [0.25, 0.3) is 0 Å². The third kappa shape index (κ3) is 3.05. The van der Waals surface area contributed by atoms with Crippen molar-refractivity contribution >= 4 is 15.8 Å². The standard InChI is InChI=1S/C12H19N3O3S/c1-9(16)10-3-6-15(7-4-10)19(17,18)11-2-5-14-12(13)8-11/h2,5,8-10,16H,3-4,6-7H2,1H3,(H2,13,14). The summed E-state index contributed by atoms with van der Waals surface area (Å²) >= 11 is 0. The van der Waals surface area contributed by atoms with Crippen LogP contribution in [-0.4, -0.2) is 42.0 Å². The van der Waals surface area contributed by atoms with Crippen LogP contribution in [0.25, 0.3) is 0 Å². The molecule has 1 aliphatic heterocycles. The second-order valence-electron chi connectivity index (χ2n) is 4.90. The third-order valence-corrected chi connectivity index (χ3v) is 5.47. The van der Waals surface area contributed by atoms with E-state index in [0.717, 1.165) is 0 Å². The lowest BCUT2D eigenvalue weighted by atomic mass is 9.93. The van der Waals surface area contributed by atoms with E-state index in [9.17, 15) is 13.5 Å². The van der Waals surface area contributed by atoms with Crippen molar-refractivity contribution in [2.45, 2.75) is 30.8 Å². The molecular formula is C12H19N3O3S. The van der Waals surface area contributed by atoms with E-state index in [1.54, 1.807) is 6.92 Å². The molecule has 1 aromatic heterocycles. The van der Waals surface area contributed by atoms with Crippen LogP contribution in [0.2, 0.25) is 0 Å². The molecule has 0 aromatic carbocycles. The largest absolute Gasteiger partial charge is 0.393 e. The molecule has 0 bridgehead atoms. The van der Waals surface area contributed by atoms with E-state index in [2.05, 4.69) is 4.98 Å². The number of anilines is 1. The van der Waals surface area contributed by atoms with Crippen LogP contribution in [0.3, 0.4) is 0 Å². The Bertz CT molecular complexity index is 537. The number of aliphatic hydroxyl groups excluding tert-OH is 1. The maximum absolute atomic E-state index is 12.4. The van der Waals surface area contributed by atoms with Gasteiger partial charge in [0, 0.05) is 25.4 Å². The van der Waals surface area contributed by atoms with Gasteiger partial charge in [0.15, 0.2) is 0 Å². The molecule has 7 heteroatoms. The van der Waals surface area contributed by atoms with E-state index in [1.807, 2.05) is 0 Å². The fourth-order valence-electron chi connectivity index (χ4n) is 2.34. The highest BCUT2D eigenvalue weighted by Crippen LogP contribution is 2.25. The first kappa shape index (κ1) is 14.2. The molecule has 1 fully saturated rings. The fraction of sp³-hybridized carbons (Fsp3) is 0.583. The molecule has 1 atom stereocenters. The summed E-state index contributed by atoms with van der Waals surface area (Å²) in [7, 11) is -3.50. The third-order valence-electron chi connectivity index (χ3n) is 3.57. The Labute approximate surface area is 113 Å². The number of hydrogen-bond donors (Lipinski definition) is 2. The Morgan fingerprint density at radius 3 is 2.63 bits per heavy atom. The first-order valence-electron chi connectivity index (χ1n) is 6.31. The van der Waals surface area contributed by atoms with Gasteiger partial charge in [-0.15, -0.1) is 0 Å². The van der Waals surface area contributed by atoms with Crippen molar-refractivity contribution in [2.24, 2.45) is 5.92 Å². The zero-order valence-corrected chi connectivity index (χ0v) is 11.7. The summed E-state index contributed by atoms with van der Waals surface area (Å²) in [5.74, 6) is 0.369. The summed E-state index contributed by atoms with van der Waals surface area (Å²) in [6, 6.07) is 2.82. The second-order valence-corrected chi connectivity index (χ2v) is 6.84. The normalized spacial score (nSPS) is 20.3. The summed E-state index contributed by atoms with van der Waals surface area (Å²) in [5.41, 5.74) is 5.52. The van der Waals surface area contributed by atoms with Gasteiger partial charge in [0.1, 0.15) is 5.82 Å². The number of aliphatic hydroxyl groups is 1. The maximum Gasteiger partial charge on any atom is 0.243 e. The number of sulfonamides is 1. The van der Waals surface area contributed by atoms with Crippen LogP contribution in [0.15, 0.2) is 23.2 Å². The molecule has 19 heavy (non-hydrogen) atoms. The average Bonchev–Trinajstić information content (AvgIpc) is 2.39. The van der Waals surface area contributed by atoms with Gasteiger partial charge in [-0.1, -0.05) is 0 Å². The monoisotopic (exact) mass is 285 g/mol. The van der Waals surface area contributed by atoms with Crippen LogP contribution in [0, 0.1) is 5.92 Å². The van der Waals surface area contributed by atoms with Gasteiger partial charge in [0.2, 0.25) is 10.0 Å². The number of nitrogen functional groups attached to an aromatic ring is 1. The van der Waals surface area contributed by atoms with E-state index in [-0.39, 0.29) is 22.7 Å². The SMILES string of the molecule is CC(O)C1CCN(S(=O)(=O)c2ccnc(N)c2)CC1. The van der Waals surface area contributed by atoms with Gasteiger partial charge in [-0.2, -0.15) is 4.31 Å². The molecule has 0 aliphatic carbocycles. The van der Waals surface area contributed by atoms with Crippen molar-refractivity contribution in [3.05, 3.63) is 18.3 Å². The molecular weight excluding hydrogens is 266 g/mol. The Morgan fingerprint density at radius 2 is 2.11 bits per heavy atom. The second kappa shape index (κ2) is 5.44. The van der Waals surface area contributed by atoms with Crippen molar-refractivity contribution in [3.8, 4) is 0 Å². The van der Waals surface area contributed by atoms with Crippen LogP contribution < -0.4 is 5.73 Å². The van der Waals surface area contributed by atoms with Gasteiger partial charge in [0.05, 0.1) is 11.0 Å². The van der Waals surface area contributed by atoms with E-state index >= 15 is 0 Å². The molecule has 106 valence electrons. The van der Waals surface area contributed by atoms with Crippen LogP contribution in [0.5, 0.6) is 0 Å². The molecule has 6 nitrogen and oxygen atoms in total. The summed E-state index contributed by atoms with van der Waals surface area (Å²) < 4.78 is 26.2. The molecule has 2 rings (SSSR count). The van der Waals surface area contributed by atoms with Gasteiger partial charge in [-0.25, -0.2) is 13.4 Å². The lowest BCUT2D eigenvalue weighted by Crippen LogP contribution is -2.40. The number of aromatic nitrogens is 1. The van der Waals surface area contributed by atoms with Gasteiger partial charge >= 0.3 is 0 Å². The summed E-state index contributed by atoms with van der Waals surface area (Å²) in [4.78, 5) is 3.97. The topological polar surface area (TPSA) is 96.5 Å². The minimum atomic E-state index is -3.50. The number of hydrogen-bond acceptors (Lipinski definition) is 5. The van der Waals surface area contributed by atoms with Gasteiger partial charge in [-0.3, -0.25) is 0 Å². The average molecular weight is 285 g/mol. The minimum absolute atomic E-state index is 0.175. The first-order chi connectivity index (χ1) is 8.91. The summed E-state index contributed by atoms with van der Waals surface area (Å²) in [6.07, 6.45) is 2.36. The summed E-state index contributed by atoms with van der Waals surface area (Å²) in [5, 5.41) is 9.53. The highest BCUT2D eigenvalue weighted by atomic mass is 32.2. The number of piperidine rings is 1. The van der Waals surface area contributed by atoms with Crippen LogP contribution in [0.4, 0.5) is 5.82 Å². The minimum Gasteiger partial charge on any atom is -0.393 e.